The van der Waals surface area contributed by atoms with Crippen molar-refractivity contribution in [1.29, 1.82) is 5.26 Å². The maximum absolute atomic E-state index is 10.00. The van der Waals surface area contributed by atoms with E-state index in [1.54, 1.807) is 12.1 Å². The Hall–Kier alpha value is -2.65. The molecule has 0 atom stereocenters. The molecule has 1 aliphatic heterocycles. The van der Waals surface area contributed by atoms with E-state index in [4.69, 9.17) is 9.47 Å². The lowest BCUT2D eigenvalue weighted by Crippen LogP contribution is -2.12. The summed E-state index contributed by atoms with van der Waals surface area (Å²) in [6.45, 7) is 0. The van der Waals surface area contributed by atoms with E-state index >= 15 is 0 Å². The molecule has 1 heterocycles. The molecule has 2 aromatic rings. The highest BCUT2D eigenvalue weighted by atomic mass is 79.9. The van der Waals surface area contributed by atoms with Crippen molar-refractivity contribution in [2.75, 3.05) is 26.1 Å². The van der Waals surface area contributed by atoms with Crippen LogP contribution in [0.5, 0.6) is 17.2 Å². The number of aromatic hydroxyl groups is 1. The maximum atomic E-state index is 10.00. The van der Waals surface area contributed by atoms with Gasteiger partial charge in [0.15, 0.2) is 11.5 Å². The van der Waals surface area contributed by atoms with E-state index in [0.29, 0.717) is 33.5 Å². The number of nitriles is 1. The van der Waals surface area contributed by atoms with Gasteiger partial charge in [-0.05, 0) is 34.1 Å². The summed E-state index contributed by atoms with van der Waals surface area (Å²) in [5, 5.41) is 19.6. The van der Waals surface area contributed by atoms with E-state index in [2.05, 4.69) is 22.0 Å². The van der Waals surface area contributed by atoms with Crippen molar-refractivity contribution in [3.63, 3.8) is 0 Å². The summed E-state index contributed by atoms with van der Waals surface area (Å²) in [7, 11) is 5.40. The molecule has 0 radical (unpaired) electrons. The zero-order valence-corrected chi connectivity index (χ0v) is 15.7. The predicted octanol–water partition coefficient (Wildman–Crippen LogP) is 4.10. The fourth-order valence-corrected chi connectivity index (χ4v) is 3.13. The molecule has 0 spiro atoms. The summed E-state index contributed by atoms with van der Waals surface area (Å²) < 4.78 is 11.8. The molecular formula is C19H17BrN2O3. The van der Waals surface area contributed by atoms with Crippen LogP contribution < -0.4 is 14.4 Å². The minimum atomic E-state index is 0.0106. The molecule has 0 saturated heterocycles. The highest BCUT2D eigenvalue weighted by Gasteiger charge is 2.23. The van der Waals surface area contributed by atoms with Crippen LogP contribution in [-0.4, -0.2) is 26.3 Å². The number of hydrogen-bond donors (Lipinski definition) is 1. The number of hydrogen-bond acceptors (Lipinski definition) is 5. The van der Waals surface area contributed by atoms with Crippen LogP contribution in [0.2, 0.25) is 0 Å². The average molecular weight is 401 g/mol. The second kappa shape index (κ2) is 6.69. The van der Waals surface area contributed by atoms with Crippen LogP contribution in [0, 0.1) is 11.3 Å². The fraction of sp³-hybridized carbons (Fsp3) is 0.211. The van der Waals surface area contributed by atoms with Crippen molar-refractivity contribution in [2.45, 2.75) is 6.42 Å². The normalized spacial score (nSPS) is 12.9. The molecular weight excluding hydrogens is 384 g/mol. The number of phenols is 1. The van der Waals surface area contributed by atoms with E-state index in [1.165, 1.54) is 7.11 Å². The monoisotopic (exact) mass is 400 g/mol. The minimum Gasteiger partial charge on any atom is -0.503 e. The van der Waals surface area contributed by atoms with E-state index in [1.807, 2.05) is 37.2 Å². The number of anilines is 1. The Balaban J connectivity index is 2.10. The lowest BCUT2D eigenvalue weighted by Gasteiger charge is -2.23. The molecule has 128 valence electrons. The Morgan fingerprint density at radius 2 is 2.04 bits per heavy atom. The third kappa shape index (κ3) is 3.15. The fourth-order valence-electron chi connectivity index (χ4n) is 2.69. The van der Waals surface area contributed by atoms with Gasteiger partial charge < -0.3 is 19.5 Å². The van der Waals surface area contributed by atoms with Crippen molar-refractivity contribution in [1.82, 2.24) is 0 Å². The van der Waals surface area contributed by atoms with Gasteiger partial charge in [0.25, 0.3) is 0 Å². The van der Waals surface area contributed by atoms with Crippen LogP contribution in [-0.2, 0) is 6.42 Å². The number of ether oxygens (including phenoxy) is 2. The molecule has 0 aromatic heterocycles. The molecule has 1 aliphatic rings. The molecule has 0 amide bonds. The number of phenolic OH excluding ortho intramolecular Hbond substituents is 1. The van der Waals surface area contributed by atoms with E-state index in [9.17, 15) is 10.4 Å². The summed E-state index contributed by atoms with van der Waals surface area (Å²) in [5.74, 6) is 1.52. The number of halogens is 1. The first kappa shape index (κ1) is 17.2. The zero-order chi connectivity index (χ0) is 18.1. The van der Waals surface area contributed by atoms with Gasteiger partial charge in [-0.15, -0.1) is 0 Å². The smallest absolute Gasteiger partial charge is 0.172 e. The van der Waals surface area contributed by atoms with Crippen LogP contribution in [0.4, 0.5) is 5.69 Å². The van der Waals surface area contributed by atoms with Crippen LogP contribution in [0.3, 0.4) is 0 Å². The molecule has 5 nitrogen and oxygen atoms in total. The first-order valence-electron chi connectivity index (χ1n) is 7.62. The lowest BCUT2D eigenvalue weighted by molar-refractivity contribution is 0.371. The number of rotatable bonds is 3. The first-order chi connectivity index (χ1) is 11.9. The summed E-state index contributed by atoms with van der Waals surface area (Å²) in [5.41, 5.74) is 3.18. The van der Waals surface area contributed by atoms with Gasteiger partial charge in [0.05, 0.1) is 23.2 Å². The Labute approximate surface area is 154 Å². The van der Waals surface area contributed by atoms with Gasteiger partial charge in [0.2, 0.25) is 0 Å². The second-order valence-corrected chi connectivity index (χ2v) is 6.75. The number of benzene rings is 2. The molecule has 2 aromatic carbocycles. The zero-order valence-electron chi connectivity index (χ0n) is 14.1. The quantitative estimate of drug-likeness (QED) is 0.839. The van der Waals surface area contributed by atoms with Gasteiger partial charge in [-0.2, -0.15) is 5.26 Å². The van der Waals surface area contributed by atoms with E-state index < -0.39 is 0 Å². The summed E-state index contributed by atoms with van der Waals surface area (Å²) in [4.78, 5) is 1.99. The Morgan fingerprint density at radius 1 is 1.28 bits per heavy atom. The highest BCUT2D eigenvalue weighted by Crippen LogP contribution is 2.41. The Morgan fingerprint density at radius 3 is 2.68 bits per heavy atom. The van der Waals surface area contributed by atoms with Crippen LogP contribution >= 0.6 is 15.9 Å². The van der Waals surface area contributed by atoms with Gasteiger partial charge in [0, 0.05) is 43.4 Å². The molecule has 6 heteroatoms. The average Bonchev–Trinajstić information content (AvgIpc) is 2.62. The van der Waals surface area contributed by atoms with Crippen LogP contribution in [0.15, 0.2) is 40.4 Å². The van der Waals surface area contributed by atoms with Gasteiger partial charge in [-0.25, -0.2) is 0 Å². The Kier molecular flexibility index (Phi) is 4.60. The van der Waals surface area contributed by atoms with Crippen LogP contribution in [0.25, 0.3) is 5.76 Å². The lowest BCUT2D eigenvalue weighted by atomic mass is 9.97. The summed E-state index contributed by atoms with van der Waals surface area (Å²) in [6.07, 6.45) is 0.496. The van der Waals surface area contributed by atoms with E-state index in [-0.39, 0.29) is 5.75 Å². The van der Waals surface area contributed by atoms with Crippen molar-refractivity contribution in [3.8, 4) is 23.3 Å². The maximum Gasteiger partial charge on any atom is 0.172 e. The second-order valence-electron chi connectivity index (χ2n) is 5.89. The molecule has 0 saturated carbocycles. The van der Waals surface area contributed by atoms with Gasteiger partial charge in [-0.3, -0.25) is 0 Å². The number of nitrogens with zero attached hydrogens (tertiary/aromatic N) is 2. The minimum absolute atomic E-state index is 0.0106. The molecule has 25 heavy (non-hydrogen) atoms. The topological polar surface area (TPSA) is 65.7 Å². The third-order valence-electron chi connectivity index (χ3n) is 4.07. The number of fused-ring (bicyclic) bond motifs is 1. The number of allylic oxidation sites excluding steroid dienone is 1. The standard InChI is InChI=1S/C19H17BrN2O3/c1-22(2)14-5-4-11-6-13(10-21)19(25-16(11)9-14)12-7-15(20)18(23)17(8-12)24-3/h4-5,7-9,23H,6H2,1-3H3. The van der Waals surface area contributed by atoms with Crippen molar-refractivity contribution < 1.29 is 14.6 Å². The van der Waals surface area contributed by atoms with Crippen molar-refractivity contribution in [3.05, 3.63) is 51.5 Å². The van der Waals surface area contributed by atoms with E-state index in [0.717, 1.165) is 17.0 Å². The molecule has 1 N–H and O–H groups in total. The largest absolute Gasteiger partial charge is 0.503 e. The summed E-state index contributed by atoms with van der Waals surface area (Å²) >= 11 is 3.31. The van der Waals surface area contributed by atoms with Gasteiger partial charge in [0.1, 0.15) is 11.5 Å². The molecule has 0 unspecified atom stereocenters. The highest BCUT2D eigenvalue weighted by molar-refractivity contribution is 9.10. The SMILES string of the molecule is COc1cc(C2=C(C#N)Cc3ccc(N(C)C)cc3O2)cc(Br)c1O. The molecule has 0 aliphatic carbocycles. The van der Waals surface area contributed by atoms with Gasteiger partial charge in [-0.1, -0.05) is 6.07 Å². The molecule has 0 bridgehead atoms. The van der Waals surface area contributed by atoms with Crippen LogP contribution in [0.1, 0.15) is 11.1 Å². The third-order valence-corrected chi connectivity index (χ3v) is 4.67. The Bertz CT molecular complexity index is 914. The molecule has 3 rings (SSSR count). The van der Waals surface area contributed by atoms with Crippen molar-refractivity contribution in [2.24, 2.45) is 0 Å². The van der Waals surface area contributed by atoms with Crippen molar-refractivity contribution >= 4 is 27.4 Å². The first-order valence-corrected chi connectivity index (χ1v) is 8.42. The van der Waals surface area contributed by atoms with Gasteiger partial charge >= 0.3 is 0 Å². The predicted molar refractivity (Wildman–Crippen MR) is 100.0 cm³/mol. The number of methoxy groups -OCH3 is 1. The summed E-state index contributed by atoms with van der Waals surface area (Å²) in [6, 6.07) is 11.5. The molecule has 0 fully saturated rings.